The Morgan fingerprint density at radius 1 is 1.16 bits per heavy atom. The number of unbranched alkanes of at least 4 members (excludes halogenated alkanes) is 5. The third kappa shape index (κ3) is 7.75. The highest BCUT2D eigenvalue weighted by molar-refractivity contribution is 5.75. The molecule has 0 N–H and O–H groups in total. The molecular formula is C15H27N3O. The van der Waals surface area contributed by atoms with E-state index in [4.69, 9.17) is 0 Å². The van der Waals surface area contributed by atoms with E-state index in [1.807, 2.05) is 10.9 Å². The zero-order valence-electron chi connectivity index (χ0n) is 12.4. The summed E-state index contributed by atoms with van der Waals surface area (Å²) in [4.78, 5) is 10.8. The Balaban J connectivity index is 2.12. The number of nitrogens with zero attached hydrogens (tertiary/aromatic N) is 3. The molecule has 0 fully saturated rings. The minimum atomic E-state index is 0.274. The molecule has 0 amide bonds. The number of hydrogen-bond acceptors (Lipinski definition) is 3. The molecule has 1 heterocycles. The molecule has 0 atom stereocenters. The fourth-order valence-electron chi connectivity index (χ4n) is 2.12. The Labute approximate surface area is 116 Å². The van der Waals surface area contributed by atoms with E-state index in [1.165, 1.54) is 32.1 Å². The van der Waals surface area contributed by atoms with Crippen molar-refractivity contribution < 1.29 is 4.79 Å². The zero-order chi connectivity index (χ0) is 13.9. The molecule has 0 unspecified atom stereocenters. The highest BCUT2D eigenvalue weighted by Gasteiger charge is 2.01. The number of rotatable bonds is 11. The van der Waals surface area contributed by atoms with Crippen molar-refractivity contribution >= 4 is 5.78 Å². The first-order valence-corrected chi connectivity index (χ1v) is 7.61. The molecule has 0 spiro atoms. The fourth-order valence-corrected chi connectivity index (χ4v) is 2.12. The monoisotopic (exact) mass is 265 g/mol. The summed E-state index contributed by atoms with van der Waals surface area (Å²) in [5.41, 5.74) is 1.05. The molecule has 1 aromatic rings. The minimum absolute atomic E-state index is 0.274. The predicted octanol–water partition coefficient (Wildman–Crippen LogP) is 3.55. The first-order valence-electron chi connectivity index (χ1n) is 7.61. The van der Waals surface area contributed by atoms with Crippen molar-refractivity contribution in [1.82, 2.24) is 15.0 Å². The van der Waals surface area contributed by atoms with E-state index in [9.17, 15) is 4.79 Å². The lowest BCUT2D eigenvalue weighted by Gasteiger charge is -2.00. The van der Waals surface area contributed by atoms with Gasteiger partial charge in [0, 0.05) is 19.2 Å². The molecular weight excluding hydrogens is 238 g/mol. The van der Waals surface area contributed by atoms with E-state index in [1.54, 1.807) is 6.92 Å². The first-order chi connectivity index (χ1) is 9.22. The Bertz CT molecular complexity index is 360. The maximum atomic E-state index is 10.8. The number of carbonyl (C=O) groups excluding carboxylic acids is 1. The van der Waals surface area contributed by atoms with Gasteiger partial charge in [0.05, 0.1) is 5.69 Å². The summed E-state index contributed by atoms with van der Waals surface area (Å²) in [6.45, 7) is 4.86. The molecule has 0 saturated carbocycles. The van der Waals surface area contributed by atoms with Crippen LogP contribution in [0.4, 0.5) is 0 Å². The van der Waals surface area contributed by atoms with Gasteiger partial charge in [-0.25, -0.2) is 0 Å². The van der Waals surface area contributed by atoms with Crippen molar-refractivity contribution in [2.45, 2.75) is 78.2 Å². The first kappa shape index (κ1) is 15.9. The van der Waals surface area contributed by atoms with Crippen LogP contribution in [0.5, 0.6) is 0 Å². The van der Waals surface area contributed by atoms with Gasteiger partial charge in [-0.1, -0.05) is 37.8 Å². The molecule has 108 valence electrons. The smallest absolute Gasteiger partial charge is 0.129 e. The van der Waals surface area contributed by atoms with Gasteiger partial charge >= 0.3 is 0 Å². The van der Waals surface area contributed by atoms with Crippen LogP contribution in [0.25, 0.3) is 0 Å². The Hall–Kier alpha value is -1.19. The Morgan fingerprint density at radius 2 is 1.95 bits per heavy atom. The molecule has 0 saturated heterocycles. The van der Waals surface area contributed by atoms with Gasteiger partial charge in [-0.3, -0.25) is 4.68 Å². The lowest BCUT2D eigenvalue weighted by atomic mass is 10.1. The van der Waals surface area contributed by atoms with Crippen LogP contribution >= 0.6 is 0 Å². The summed E-state index contributed by atoms with van der Waals surface area (Å²) in [6.07, 6.45) is 12.1. The van der Waals surface area contributed by atoms with Crippen LogP contribution in [0, 0.1) is 0 Å². The maximum Gasteiger partial charge on any atom is 0.129 e. The van der Waals surface area contributed by atoms with Crippen LogP contribution in [0.2, 0.25) is 0 Å². The topological polar surface area (TPSA) is 47.8 Å². The molecule has 0 bridgehead atoms. The summed E-state index contributed by atoms with van der Waals surface area (Å²) in [5, 5.41) is 8.32. The summed E-state index contributed by atoms with van der Waals surface area (Å²) in [7, 11) is 0. The van der Waals surface area contributed by atoms with Gasteiger partial charge < -0.3 is 4.79 Å². The van der Waals surface area contributed by atoms with Crippen molar-refractivity contribution in [3.8, 4) is 0 Å². The number of carbonyl (C=O) groups is 1. The molecule has 4 nitrogen and oxygen atoms in total. The summed E-state index contributed by atoms with van der Waals surface area (Å²) < 4.78 is 1.95. The lowest BCUT2D eigenvalue weighted by Crippen LogP contribution is -1.98. The summed E-state index contributed by atoms with van der Waals surface area (Å²) in [5.74, 6) is 0.274. The number of aryl methyl sites for hydroxylation is 2. The van der Waals surface area contributed by atoms with E-state index >= 15 is 0 Å². The van der Waals surface area contributed by atoms with Crippen molar-refractivity contribution in [3.63, 3.8) is 0 Å². The average Bonchev–Trinajstić information content (AvgIpc) is 2.82. The van der Waals surface area contributed by atoms with Gasteiger partial charge in [0.1, 0.15) is 5.78 Å². The van der Waals surface area contributed by atoms with Crippen molar-refractivity contribution in [1.29, 1.82) is 0 Å². The van der Waals surface area contributed by atoms with Crippen molar-refractivity contribution in [2.24, 2.45) is 0 Å². The summed E-state index contributed by atoms with van der Waals surface area (Å²) >= 11 is 0. The molecule has 0 radical (unpaired) electrons. The molecule has 0 aliphatic heterocycles. The van der Waals surface area contributed by atoms with E-state index in [0.717, 1.165) is 31.5 Å². The fraction of sp³-hybridized carbons (Fsp3) is 0.800. The predicted molar refractivity (Wildman–Crippen MR) is 77.0 cm³/mol. The van der Waals surface area contributed by atoms with Crippen LogP contribution in [0.3, 0.4) is 0 Å². The maximum absolute atomic E-state index is 10.8. The highest BCUT2D eigenvalue weighted by atomic mass is 16.1. The van der Waals surface area contributed by atoms with Gasteiger partial charge in [-0.2, -0.15) is 0 Å². The molecule has 0 aromatic carbocycles. The van der Waals surface area contributed by atoms with Crippen molar-refractivity contribution in [2.75, 3.05) is 0 Å². The summed E-state index contributed by atoms with van der Waals surface area (Å²) in [6, 6.07) is 0. The number of hydrogen-bond donors (Lipinski definition) is 0. The average molecular weight is 265 g/mol. The zero-order valence-corrected chi connectivity index (χ0v) is 12.4. The molecule has 0 aliphatic carbocycles. The van der Waals surface area contributed by atoms with Crippen LogP contribution in [-0.4, -0.2) is 20.8 Å². The quantitative estimate of drug-likeness (QED) is 0.575. The second-order valence-electron chi connectivity index (χ2n) is 5.30. The third-order valence-electron chi connectivity index (χ3n) is 3.29. The van der Waals surface area contributed by atoms with E-state index in [-0.39, 0.29) is 5.78 Å². The highest BCUT2D eigenvalue weighted by Crippen LogP contribution is 2.06. The largest absolute Gasteiger partial charge is 0.300 e. The lowest BCUT2D eigenvalue weighted by molar-refractivity contribution is -0.117. The van der Waals surface area contributed by atoms with E-state index in [0.29, 0.717) is 6.42 Å². The normalized spacial score (nSPS) is 10.8. The molecule has 4 heteroatoms. The molecule has 1 rings (SSSR count). The van der Waals surface area contributed by atoms with Gasteiger partial charge in [0.2, 0.25) is 0 Å². The van der Waals surface area contributed by atoms with Crippen LogP contribution < -0.4 is 0 Å². The molecule has 0 aliphatic rings. The second-order valence-corrected chi connectivity index (χ2v) is 5.30. The molecule has 19 heavy (non-hydrogen) atoms. The third-order valence-corrected chi connectivity index (χ3v) is 3.29. The number of ketones is 1. The minimum Gasteiger partial charge on any atom is -0.300 e. The Morgan fingerprint density at radius 3 is 2.68 bits per heavy atom. The number of aromatic nitrogens is 3. The van der Waals surface area contributed by atoms with Gasteiger partial charge in [0.25, 0.3) is 0 Å². The van der Waals surface area contributed by atoms with E-state index < -0.39 is 0 Å². The number of Topliss-reactive ketones (excluding diaryl/α,β-unsaturated/α-hetero) is 1. The van der Waals surface area contributed by atoms with Crippen LogP contribution in [0.1, 0.15) is 70.9 Å². The van der Waals surface area contributed by atoms with Gasteiger partial charge in [0.15, 0.2) is 0 Å². The van der Waals surface area contributed by atoms with Crippen LogP contribution in [-0.2, 0) is 17.8 Å². The van der Waals surface area contributed by atoms with E-state index in [2.05, 4.69) is 17.2 Å². The standard InChI is InChI=1S/C15H27N3O/c1-3-4-5-6-9-12-18-13-15(16-17-18)11-8-7-10-14(2)19/h13H,3-12H2,1-2H3. The van der Waals surface area contributed by atoms with Gasteiger partial charge in [-0.05, 0) is 32.6 Å². The second kappa shape index (κ2) is 9.70. The molecule has 1 aromatic heterocycles. The Kier molecular flexibility index (Phi) is 8.10. The van der Waals surface area contributed by atoms with Crippen molar-refractivity contribution in [3.05, 3.63) is 11.9 Å². The van der Waals surface area contributed by atoms with Crippen LogP contribution in [0.15, 0.2) is 6.20 Å². The SMILES string of the molecule is CCCCCCCn1cc(CCCCC(C)=O)nn1. The van der Waals surface area contributed by atoms with Gasteiger partial charge in [-0.15, -0.1) is 5.10 Å².